The van der Waals surface area contributed by atoms with Crippen LogP contribution in [-0.2, 0) is 14.4 Å². The smallest absolute Gasteiger partial charge is 0.176 e. The SMILES string of the molecule is C=CC(=O)C(C=O)(C(=O)C=C)C(CCCCCCCCCCCCC(C)C)C(C)C. The molecule has 172 valence electrons. The van der Waals surface area contributed by atoms with Gasteiger partial charge in [-0.1, -0.05) is 111 Å². The van der Waals surface area contributed by atoms with E-state index in [-0.39, 0.29) is 11.8 Å². The van der Waals surface area contributed by atoms with Crippen molar-refractivity contribution in [2.24, 2.45) is 23.2 Å². The van der Waals surface area contributed by atoms with Crippen molar-refractivity contribution >= 4 is 17.9 Å². The Balaban J connectivity index is 4.35. The van der Waals surface area contributed by atoms with E-state index in [1.54, 1.807) is 0 Å². The third-order valence-electron chi connectivity index (χ3n) is 6.31. The molecular weight excluding hydrogens is 372 g/mol. The first-order valence-corrected chi connectivity index (χ1v) is 12.1. The molecule has 3 heteroatoms. The van der Waals surface area contributed by atoms with Gasteiger partial charge in [-0.05, 0) is 36.3 Å². The third kappa shape index (κ3) is 9.53. The fourth-order valence-electron chi connectivity index (χ4n) is 4.45. The summed E-state index contributed by atoms with van der Waals surface area (Å²) in [6, 6.07) is 0. The molecule has 0 aliphatic heterocycles. The van der Waals surface area contributed by atoms with Crippen LogP contribution >= 0.6 is 0 Å². The number of aldehydes is 1. The Morgan fingerprint density at radius 1 is 0.700 bits per heavy atom. The second-order valence-electron chi connectivity index (χ2n) is 9.48. The fourth-order valence-corrected chi connectivity index (χ4v) is 4.45. The summed E-state index contributed by atoms with van der Waals surface area (Å²) in [6.45, 7) is 15.5. The summed E-state index contributed by atoms with van der Waals surface area (Å²) in [4.78, 5) is 37.0. The van der Waals surface area contributed by atoms with E-state index in [9.17, 15) is 14.4 Å². The maximum Gasteiger partial charge on any atom is 0.176 e. The quantitative estimate of drug-likeness (QED) is 0.0902. The molecule has 0 aromatic heterocycles. The molecule has 0 rings (SSSR count). The minimum atomic E-state index is -1.66. The second-order valence-corrected chi connectivity index (χ2v) is 9.48. The van der Waals surface area contributed by atoms with Gasteiger partial charge < -0.3 is 4.79 Å². The number of carbonyl (C=O) groups is 3. The van der Waals surface area contributed by atoms with Crippen LogP contribution in [-0.4, -0.2) is 17.9 Å². The van der Waals surface area contributed by atoms with Crippen LogP contribution in [0.3, 0.4) is 0 Å². The lowest BCUT2D eigenvalue weighted by atomic mass is 9.64. The van der Waals surface area contributed by atoms with Gasteiger partial charge in [0.25, 0.3) is 0 Å². The molecule has 1 atom stereocenters. The van der Waals surface area contributed by atoms with Gasteiger partial charge in [-0.2, -0.15) is 0 Å². The van der Waals surface area contributed by atoms with Gasteiger partial charge in [-0.15, -0.1) is 0 Å². The highest BCUT2D eigenvalue weighted by Gasteiger charge is 2.50. The van der Waals surface area contributed by atoms with Crippen molar-refractivity contribution in [1.29, 1.82) is 0 Å². The van der Waals surface area contributed by atoms with Crippen molar-refractivity contribution in [1.82, 2.24) is 0 Å². The average Bonchev–Trinajstić information content (AvgIpc) is 2.72. The fraction of sp³-hybridized carbons (Fsp3) is 0.741. The zero-order valence-electron chi connectivity index (χ0n) is 20.1. The van der Waals surface area contributed by atoms with Crippen LogP contribution in [0, 0.1) is 23.2 Å². The first-order chi connectivity index (χ1) is 14.3. The number of rotatable bonds is 20. The molecule has 0 radical (unpaired) electrons. The lowest BCUT2D eigenvalue weighted by Gasteiger charge is -2.35. The van der Waals surface area contributed by atoms with E-state index < -0.39 is 17.0 Å². The van der Waals surface area contributed by atoms with Crippen molar-refractivity contribution in [2.75, 3.05) is 0 Å². The molecular formula is C27H46O3. The summed E-state index contributed by atoms with van der Waals surface area (Å²) in [7, 11) is 0. The molecule has 0 bridgehead atoms. The van der Waals surface area contributed by atoms with Crippen LogP contribution in [0.2, 0.25) is 0 Å². The van der Waals surface area contributed by atoms with E-state index in [4.69, 9.17) is 0 Å². The molecule has 0 N–H and O–H groups in total. The third-order valence-corrected chi connectivity index (χ3v) is 6.31. The number of hydrogen-bond donors (Lipinski definition) is 0. The van der Waals surface area contributed by atoms with Gasteiger partial charge in [-0.3, -0.25) is 9.59 Å². The Hall–Kier alpha value is -1.51. The van der Waals surface area contributed by atoms with Gasteiger partial charge in [0, 0.05) is 0 Å². The maximum absolute atomic E-state index is 12.5. The van der Waals surface area contributed by atoms with Gasteiger partial charge >= 0.3 is 0 Å². The summed E-state index contributed by atoms with van der Waals surface area (Å²) in [5.41, 5.74) is -1.66. The molecule has 0 saturated heterocycles. The molecule has 0 aliphatic carbocycles. The maximum atomic E-state index is 12.5. The molecule has 0 amide bonds. The predicted molar refractivity (Wildman–Crippen MR) is 127 cm³/mol. The van der Waals surface area contributed by atoms with Crippen LogP contribution in [0.15, 0.2) is 25.3 Å². The molecule has 0 fully saturated rings. The Labute approximate surface area is 185 Å². The number of allylic oxidation sites excluding steroid dienone is 2. The summed E-state index contributed by atoms with van der Waals surface area (Å²) in [5, 5.41) is 0. The molecule has 0 saturated carbocycles. The molecule has 0 aliphatic rings. The van der Waals surface area contributed by atoms with E-state index >= 15 is 0 Å². The number of carbonyl (C=O) groups excluding carboxylic acids is 3. The van der Waals surface area contributed by atoms with Crippen molar-refractivity contribution in [3.05, 3.63) is 25.3 Å². The minimum absolute atomic E-state index is 0.0405. The predicted octanol–water partition coefficient (Wildman–Crippen LogP) is 7.29. The van der Waals surface area contributed by atoms with Crippen LogP contribution < -0.4 is 0 Å². The highest BCUT2D eigenvalue weighted by molar-refractivity contribution is 6.25. The average molecular weight is 419 g/mol. The number of unbranched alkanes of at least 4 members (excludes halogenated alkanes) is 9. The van der Waals surface area contributed by atoms with Crippen molar-refractivity contribution in [3.63, 3.8) is 0 Å². The number of ketones is 2. The van der Waals surface area contributed by atoms with E-state index in [2.05, 4.69) is 27.0 Å². The Kier molecular flexibility index (Phi) is 15.4. The first kappa shape index (κ1) is 28.5. The van der Waals surface area contributed by atoms with E-state index in [0.717, 1.165) is 37.3 Å². The second kappa shape index (κ2) is 16.2. The molecule has 0 spiro atoms. The van der Waals surface area contributed by atoms with Crippen molar-refractivity contribution < 1.29 is 14.4 Å². The lowest BCUT2D eigenvalue weighted by Crippen LogP contribution is -2.47. The molecule has 0 heterocycles. The van der Waals surface area contributed by atoms with Gasteiger partial charge in [-0.25, -0.2) is 0 Å². The topological polar surface area (TPSA) is 51.2 Å². The van der Waals surface area contributed by atoms with Crippen LogP contribution in [0.1, 0.15) is 105 Å². The van der Waals surface area contributed by atoms with E-state index in [1.165, 1.54) is 51.4 Å². The lowest BCUT2D eigenvalue weighted by molar-refractivity contribution is -0.145. The Bertz CT molecular complexity index is 510. The molecule has 0 aromatic rings. The highest BCUT2D eigenvalue weighted by atomic mass is 16.2. The summed E-state index contributed by atoms with van der Waals surface area (Å²) in [5.74, 6) is -0.471. The highest BCUT2D eigenvalue weighted by Crippen LogP contribution is 2.38. The largest absolute Gasteiger partial charge is 0.302 e. The van der Waals surface area contributed by atoms with E-state index in [1.807, 2.05) is 13.8 Å². The van der Waals surface area contributed by atoms with Gasteiger partial charge in [0.2, 0.25) is 0 Å². The first-order valence-electron chi connectivity index (χ1n) is 12.1. The minimum Gasteiger partial charge on any atom is -0.302 e. The van der Waals surface area contributed by atoms with Crippen molar-refractivity contribution in [2.45, 2.75) is 105 Å². The van der Waals surface area contributed by atoms with Crippen LogP contribution in [0.5, 0.6) is 0 Å². The normalized spacial score (nSPS) is 12.7. The summed E-state index contributed by atoms with van der Waals surface area (Å²) < 4.78 is 0. The Morgan fingerprint density at radius 3 is 1.37 bits per heavy atom. The molecule has 1 unspecified atom stereocenters. The van der Waals surface area contributed by atoms with Crippen molar-refractivity contribution in [3.8, 4) is 0 Å². The van der Waals surface area contributed by atoms with Gasteiger partial charge in [0.1, 0.15) is 6.29 Å². The van der Waals surface area contributed by atoms with Gasteiger partial charge in [0.05, 0.1) is 0 Å². The Morgan fingerprint density at radius 2 is 1.07 bits per heavy atom. The molecule has 30 heavy (non-hydrogen) atoms. The zero-order valence-corrected chi connectivity index (χ0v) is 20.1. The summed E-state index contributed by atoms with van der Waals surface area (Å²) in [6.07, 6.45) is 17.2. The van der Waals surface area contributed by atoms with Gasteiger partial charge in [0.15, 0.2) is 17.0 Å². The van der Waals surface area contributed by atoms with Crippen LogP contribution in [0.4, 0.5) is 0 Å². The van der Waals surface area contributed by atoms with E-state index in [0.29, 0.717) is 12.7 Å². The summed E-state index contributed by atoms with van der Waals surface area (Å²) >= 11 is 0. The van der Waals surface area contributed by atoms with Crippen LogP contribution in [0.25, 0.3) is 0 Å². The molecule has 0 aromatic carbocycles. The molecule has 3 nitrogen and oxygen atoms in total. The number of hydrogen-bond acceptors (Lipinski definition) is 3. The monoisotopic (exact) mass is 418 g/mol. The zero-order chi connectivity index (χ0) is 23.0. The standard InChI is InChI=1S/C27H46O3/c1-7-25(29)27(21-28,26(30)8-2)24(23(5)6)20-18-16-14-12-10-9-11-13-15-17-19-22(3)4/h7-8,21-24H,1-2,9-20H2,3-6H3.